The Morgan fingerprint density at radius 1 is 1.29 bits per heavy atom. The highest BCUT2D eigenvalue weighted by atomic mass is 19.3. The van der Waals surface area contributed by atoms with Crippen LogP contribution in [0.25, 0.3) is 0 Å². The summed E-state index contributed by atoms with van der Waals surface area (Å²) in [7, 11) is 0. The van der Waals surface area contributed by atoms with Crippen LogP contribution >= 0.6 is 0 Å². The van der Waals surface area contributed by atoms with Gasteiger partial charge in [0.25, 0.3) is 0 Å². The minimum absolute atomic E-state index is 0.0876. The van der Waals surface area contributed by atoms with Crippen LogP contribution in [0.5, 0.6) is 5.75 Å². The van der Waals surface area contributed by atoms with E-state index in [1.807, 2.05) is 13.8 Å². The zero-order valence-electron chi connectivity index (χ0n) is 12.4. The summed E-state index contributed by atoms with van der Waals surface area (Å²) in [6, 6.07) is 6.63. The molecule has 1 rings (SSSR count). The molecule has 0 bridgehead atoms. The molecular formula is C15H22F2N2O2. The first kappa shape index (κ1) is 17.4. The second-order valence-electron chi connectivity index (χ2n) is 4.48. The highest BCUT2D eigenvalue weighted by molar-refractivity contribution is 5.76. The van der Waals surface area contributed by atoms with Crippen LogP contribution in [-0.2, 0) is 11.3 Å². The minimum atomic E-state index is -2.84. The molecule has 0 saturated heterocycles. The van der Waals surface area contributed by atoms with Gasteiger partial charge in [-0.2, -0.15) is 8.78 Å². The molecule has 118 valence electrons. The molecule has 6 heteroatoms. The lowest BCUT2D eigenvalue weighted by Gasteiger charge is -2.18. The van der Waals surface area contributed by atoms with E-state index < -0.39 is 6.61 Å². The summed E-state index contributed by atoms with van der Waals surface area (Å²) in [5.74, 6) is 0.250. The van der Waals surface area contributed by atoms with Crippen molar-refractivity contribution in [2.45, 2.75) is 33.4 Å². The third kappa shape index (κ3) is 6.08. The van der Waals surface area contributed by atoms with Crippen molar-refractivity contribution in [1.82, 2.24) is 10.2 Å². The third-order valence-corrected chi connectivity index (χ3v) is 3.14. The molecule has 0 aliphatic heterocycles. The van der Waals surface area contributed by atoms with Gasteiger partial charge in [0.2, 0.25) is 5.91 Å². The summed E-state index contributed by atoms with van der Waals surface area (Å²) in [5, 5.41) is 3.08. The van der Waals surface area contributed by atoms with Crippen molar-refractivity contribution in [2.75, 3.05) is 19.6 Å². The number of hydrogen-bond donors (Lipinski definition) is 1. The molecule has 0 saturated carbocycles. The van der Waals surface area contributed by atoms with Gasteiger partial charge >= 0.3 is 6.61 Å². The smallest absolute Gasteiger partial charge is 0.387 e. The van der Waals surface area contributed by atoms with E-state index in [1.165, 1.54) is 6.07 Å². The number of rotatable bonds is 9. The monoisotopic (exact) mass is 300 g/mol. The number of benzene rings is 1. The molecule has 1 N–H and O–H groups in total. The summed E-state index contributed by atoms with van der Waals surface area (Å²) in [4.78, 5) is 13.6. The Hall–Kier alpha value is -1.69. The summed E-state index contributed by atoms with van der Waals surface area (Å²) in [6.45, 7) is 3.31. The summed E-state index contributed by atoms with van der Waals surface area (Å²) >= 11 is 0. The van der Waals surface area contributed by atoms with Gasteiger partial charge in [-0.15, -0.1) is 0 Å². The van der Waals surface area contributed by atoms with Crippen molar-refractivity contribution < 1.29 is 18.3 Å². The second kappa shape index (κ2) is 9.28. The van der Waals surface area contributed by atoms with Gasteiger partial charge in [-0.25, -0.2) is 0 Å². The zero-order chi connectivity index (χ0) is 15.7. The highest BCUT2D eigenvalue weighted by Crippen LogP contribution is 2.19. The molecule has 4 nitrogen and oxygen atoms in total. The van der Waals surface area contributed by atoms with E-state index in [9.17, 15) is 13.6 Å². The molecule has 0 atom stereocenters. The first-order valence-corrected chi connectivity index (χ1v) is 7.09. The van der Waals surface area contributed by atoms with Crippen LogP contribution in [0.3, 0.4) is 0 Å². The Balaban J connectivity index is 2.41. The number of carbonyl (C=O) groups is 1. The predicted molar refractivity (Wildman–Crippen MR) is 77.3 cm³/mol. The molecule has 1 aromatic rings. The Kier molecular flexibility index (Phi) is 7.68. The maximum atomic E-state index is 12.3. The fraction of sp³-hybridized carbons (Fsp3) is 0.533. The average Bonchev–Trinajstić information content (AvgIpc) is 2.46. The van der Waals surface area contributed by atoms with E-state index in [4.69, 9.17) is 0 Å². The first-order chi connectivity index (χ1) is 10.1. The second-order valence-corrected chi connectivity index (χ2v) is 4.48. The van der Waals surface area contributed by atoms with Crippen LogP contribution in [0.15, 0.2) is 24.3 Å². The quantitative estimate of drug-likeness (QED) is 0.713. The number of nitrogens with one attached hydrogen (secondary N) is 1. The number of ether oxygens (including phenoxy) is 1. The van der Waals surface area contributed by atoms with Crippen molar-refractivity contribution in [2.24, 2.45) is 0 Å². The van der Waals surface area contributed by atoms with E-state index in [1.54, 1.807) is 23.1 Å². The van der Waals surface area contributed by atoms with Crippen LogP contribution in [0.1, 0.15) is 25.8 Å². The molecule has 0 aliphatic rings. The number of para-hydroxylation sites is 1. The molecule has 1 aromatic carbocycles. The van der Waals surface area contributed by atoms with Crippen LogP contribution in [0, 0.1) is 0 Å². The molecule has 0 radical (unpaired) electrons. The maximum absolute atomic E-state index is 12.3. The molecule has 0 aliphatic carbocycles. The van der Waals surface area contributed by atoms with E-state index in [-0.39, 0.29) is 11.7 Å². The number of nitrogens with zero attached hydrogens (tertiary/aromatic N) is 1. The molecule has 0 unspecified atom stereocenters. The van der Waals surface area contributed by atoms with Gasteiger partial charge in [-0.3, -0.25) is 4.79 Å². The maximum Gasteiger partial charge on any atom is 0.387 e. The number of alkyl halides is 2. The summed E-state index contributed by atoms with van der Waals surface area (Å²) in [6.07, 6.45) is 0.388. The van der Waals surface area contributed by atoms with Crippen LogP contribution in [0.4, 0.5) is 8.78 Å². The molecule has 0 aromatic heterocycles. The van der Waals surface area contributed by atoms with Crippen molar-refractivity contribution in [3.8, 4) is 5.75 Å². The minimum Gasteiger partial charge on any atom is -0.434 e. The van der Waals surface area contributed by atoms with Gasteiger partial charge < -0.3 is 15.0 Å². The molecule has 0 fully saturated rings. The normalized spacial score (nSPS) is 10.7. The molecule has 0 heterocycles. The van der Waals surface area contributed by atoms with E-state index >= 15 is 0 Å². The number of hydrogen-bond acceptors (Lipinski definition) is 3. The summed E-state index contributed by atoms with van der Waals surface area (Å²) in [5.41, 5.74) is 0.646. The van der Waals surface area contributed by atoms with E-state index in [0.29, 0.717) is 38.2 Å². The largest absolute Gasteiger partial charge is 0.434 e. The third-order valence-electron chi connectivity index (χ3n) is 3.14. The van der Waals surface area contributed by atoms with Crippen LogP contribution < -0.4 is 10.1 Å². The molecule has 1 amide bonds. The molecular weight excluding hydrogens is 278 g/mol. The highest BCUT2D eigenvalue weighted by Gasteiger charge is 2.10. The lowest BCUT2D eigenvalue weighted by Crippen LogP contribution is -2.32. The van der Waals surface area contributed by atoms with Crippen molar-refractivity contribution in [1.29, 1.82) is 0 Å². The Morgan fingerprint density at radius 3 is 2.57 bits per heavy atom. The van der Waals surface area contributed by atoms with Gasteiger partial charge in [0.1, 0.15) is 5.75 Å². The fourth-order valence-corrected chi connectivity index (χ4v) is 2.01. The van der Waals surface area contributed by atoms with Gasteiger partial charge in [0.15, 0.2) is 0 Å². The number of carbonyl (C=O) groups excluding carboxylic acids is 1. The molecule has 21 heavy (non-hydrogen) atoms. The van der Waals surface area contributed by atoms with E-state index in [2.05, 4.69) is 10.1 Å². The average molecular weight is 300 g/mol. The van der Waals surface area contributed by atoms with Crippen LogP contribution in [0.2, 0.25) is 0 Å². The summed E-state index contributed by atoms with van der Waals surface area (Å²) < 4.78 is 29.0. The lowest BCUT2D eigenvalue weighted by molar-refractivity contribution is -0.130. The van der Waals surface area contributed by atoms with Gasteiger partial charge in [0.05, 0.1) is 0 Å². The Labute approximate surface area is 124 Å². The number of amides is 1. The van der Waals surface area contributed by atoms with Gasteiger partial charge in [0, 0.05) is 38.2 Å². The molecule has 0 spiro atoms. The van der Waals surface area contributed by atoms with Crippen molar-refractivity contribution >= 4 is 5.91 Å². The Morgan fingerprint density at radius 2 is 1.95 bits per heavy atom. The number of halogens is 2. The van der Waals surface area contributed by atoms with Crippen LogP contribution in [-0.4, -0.2) is 37.1 Å². The predicted octanol–water partition coefficient (Wildman–Crippen LogP) is 2.64. The van der Waals surface area contributed by atoms with Crippen molar-refractivity contribution in [3.63, 3.8) is 0 Å². The van der Waals surface area contributed by atoms with Crippen molar-refractivity contribution in [3.05, 3.63) is 29.8 Å². The lowest BCUT2D eigenvalue weighted by atomic mass is 10.2. The Bertz CT molecular complexity index is 437. The van der Waals surface area contributed by atoms with Gasteiger partial charge in [-0.1, -0.05) is 18.2 Å². The SMILES string of the molecule is CCN(CC)C(=O)CCNCc1ccccc1OC(F)F. The standard InChI is InChI=1S/C15H22F2N2O2/c1-3-19(4-2)14(20)9-10-18-11-12-7-5-6-8-13(12)21-15(16)17/h5-8,15,18H,3-4,9-11H2,1-2H3. The van der Waals surface area contributed by atoms with E-state index in [0.717, 1.165) is 0 Å². The van der Waals surface area contributed by atoms with Gasteiger partial charge in [-0.05, 0) is 19.9 Å². The topological polar surface area (TPSA) is 41.6 Å². The zero-order valence-corrected chi connectivity index (χ0v) is 12.4. The fourth-order valence-electron chi connectivity index (χ4n) is 2.01. The first-order valence-electron chi connectivity index (χ1n) is 7.09.